The van der Waals surface area contributed by atoms with Gasteiger partial charge in [-0.2, -0.15) is 0 Å². The largest absolute Gasteiger partial charge is 0.378 e. The van der Waals surface area contributed by atoms with Crippen molar-refractivity contribution in [2.45, 2.75) is 39.7 Å². The van der Waals surface area contributed by atoms with Crippen molar-refractivity contribution in [3.63, 3.8) is 0 Å². The molecule has 0 aliphatic rings. The van der Waals surface area contributed by atoms with Crippen LogP contribution in [0.5, 0.6) is 0 Å². The van der Waals surface area contributed by atoms with Gasteiger partial charge in [0.1, 0.15) is 5.78 Å². The Morgan fingerprint density at radius 1 is 1.00 bits per heavy atom. The number of carbonyl (C=O) groups excluding carboxylic acids is 1. The molecule has 0 saturated heterocycles. The second-order valence-corrected chi connectivity index (χ2v) is 5.47. The highest BCUT2D eigenvalue weighted by Gasteiger charge is 2.06. The first-order valence-corrected chi connectivity index (χ1v) is 7.08. The summed E-state index contributed by atoms with van der Waals surface area (Å²) in [5.74, 6) is 0.231. The van der Waals surface area contributed by atoms with E-state index in [9.17, 15) is 4.79 Å². The van der Waals surface area contributed by atoms with Gasteiger partial charge in [-0.3, -0.25) is 4.79 Å². The Labute approximate surface area is 117 Å². The molecular weight excluding hydrogens is 244 g/mol. The van der Waals surface area contributed by atoms with E-state index in [2.05, 4.69) is 31.4 Å². The number of hydrogen-bond acceptors (Lipinski definition) is 5. The van der Waals surface area contributed by atoms with Crippen molar-refractivity contribution < 1.29 is 14.3 Å². The van der Waals surface area contributed by atoms with Crippen molar-refractivity contribution in [1.29, 1.82) is 0 Å². The van der Waals surface area contributed by atoms with Crippen molar-refractivity contribution >= 4 is 5.78 Å². The Morgan fingerprint density at radius 3 is 2.11 bits per heavy atom. The average molecular weight is 274 g/mol. The summed E-state index contributed by atoms with van der Waals surface area (Å²) in [5.41, 5.74) is 0.140. The summed E-state index contributed by atoms with van der Waals surface area (Å²) in [7, 11) is 0. The van der Waals surface area contributed by atoms with Crippen LogP contribution in [0.25, 0.3) is 0 Å². The van der Waals surface area contributed by atoms with Gasteiger partial charge < -0.3 is 20.1 Å². The van der Waals surface area contributed by atoms with Crippen LogP contribution >= 0.6 is 0 Å². The van der Waals surface area contributed by atoms with Gasteiger partial charge in [0.15, 0.2) is 0 Å². The summed E-state index contributed by atoms with van der Waals surface area (Å²) in [6.07, 6.45) is 0.588. The van der Waals surface area contributed by atoms with Crippen molar-refractivity contribution in [1.82, 2.24) is 10.6 Å². The normalized spacial score (nSPS) is 11.8. The maximum absolute atomic E-state index is 11.0. The van der Waals surface area contributed by atoms with Crippen LogP contribution in [0.1, 0.15) is 34.1 Å². The lowest BCUT2D eigenvalue weighted by atomic mass is 10.1. The van der Waals surface area contributed by atoms with Gasteiger partial charge in [0.25, 0.3) is 0 Å². The standard InChI is InChI=1S/C14H30N2O3/c1-5-13(17)12-15-6-8-18-10-11-19-9-7-16-14(2,3)4/h15-16H,5-12H2,1-4H3. The molecule has 0 bridgehead atoms. The summed E-state index contributed by atoms with van der Waals surface area (Å²) in [6.45, 7) is 12.8. The number of carbonyl (C=O) groups is 1. The highest BCUT2D eigenvalue weighted by molar-refractivity contribution is 5.80. The first kappa shape index (κ1) is 18.5. The minimum Gasteiger partial charge on any atom is -0.378 e. The molecule has 0 fully saturated rings. The second-order valence-electron chi connectivity index (χ2n) is 5.47. The molecule has 0 saturated carbocycles. The van der Waals surface area contributed by atoms with Gasteiger partial charge in [0.2, 0.25) is 0 Å². The molecule has 0 aromatic rings. The Hall–Kier alpha value is -0.490. The van der Waals surface area contributed by atoms with Crippen LogP contribution < -0.4 is 10.6 Å². The zero-order valence-electron chi connectivity index (χ0n) is 12.9. The number of hydrogen-bond donors (Lipinski definition) is 2. The predicted octanol–water partition coefficient (Wildman–Crippen LogP) is 0.976. The van der Waals surface area contributed by atoms with Gasteiger partial charge in [0, 0.05) is 25.0 Å². The van der Waals surface area contributed by atoms with E-state index in [4.69, 9.17) is 9.47 Å². The number of Topliss-reactive ketones (excluding diaryl/α,β-unsaturated/α-hetero) is 1. The van der Waals surface area contributed by atoms with Crippen LogP contribution in [0.3, 0.4) is 0 Å². The number of rotatable bonds is 12. The van der Waals surface area contributed by atoms with E-state index in [1.165, 1.54) is 0 Å². The third-order valence-corrected chi connectivity index (χ3v) is 2.41. The minimum absolute atomic E-state index is 0.140. The Bertz CT molecular complexity index is 227. The summed E-state index contributed by atoms with van der Waals surface area (Å²) >= 11 is 0. The fraction of sp³-hybridized carbons (Fsp3) is 0.929. The first-order chi connectivity index (χ1) is 8.95. The van der Waals surface area contributed by atoms with Crippen LogP contribution in [0.15, 0.2) is 0 Å². The second kappa shape index (κ2) is 11.3. The number of ether oxygens (including phenoxy) is 2. The molecule has 0 unspecified atom stereocenters. The number of ketones is 1. The lowest BCUT2D eigenvalue weighted by Gasteiger charge is -2.20. The van der Waals surface area contributed by atoms with E-state index < -0.39 is 0 Å². The zero-order chi connectivity index (χ0) is 14.6. The smallest absolute Gasteiger partial charge is 0.146 e. The maximum atomic E-state index is 11.0. The van der Waals surface area contributed by atoms with Gasteiger partial charge in [0.05, 0.1) is 33.0 Å². The van der Waals surface area contributed by atoms with Crippen LogP contribution in [0.4, 0.5) is 0 Å². The third-order valence-electron chi connectivity index (χ3n) is 2.41. The van der Waals surface area contributed by atoms with Crippen molar-refractivity contribution in [2.24, 2.45) is 0 Å². The molecule has 0 heterocycles. The van der Waals surface area contributed by atoms with E-state index in [-0.39, 0.29) is 11.3 Å². The topological polar surface area (TPSA) is 59.6 Å². The fourth-order valence-electron chi connectivity index (χ4n) is 1.32. The van der Waals surface area contributed by atoms with E-state index in [0.717, 1.165) is 6.54 Å². The molecule has 114 valence electrons. The Balaban J connectivity index is 3.09. The van der Waals surface area contributed by atoms with E-state index in [1.807, 2.05) is 6.92 Å². The first-order valence-electron chi connectivity index (χ1n) is 7.08. The molecule has 0 atom stereocenters. The van der Waals surface area contributed by atoms with Crippen LogP contribution in [0.2, 0.25) is 0 Å². The van der Waals surface area contributed by atoms with E-state index >= 15 is 0 Å². The van der Waals surface area contributed by atoms with Crippen LogP contribution in [0, 0.1) is 0 Å². The quantitative estimate of drug-likeness (QED) is 0.520. The van der Waals surface area contributed by atoms with Gasteiger partial charge in [-0.25, -0.2) is 0 Å². The molecular formula is C14H30N2O3. The van der Waals surface area contributed by atoms with Crippen LogP contribution in [-0.4, -0.2) is 57.4 Å². The molecule has 5 heteroatoms. The van der Waals surface area contributed by atoms with Gasteiger partial charge in [-0.15, -0.1) is 0 Å². The predicted molar refractivity (Wildman–Crippen MR) is 77.6 cm³/mol. The van der Waals surface area contributed by atoms with Crippen molar-refractivity contribution in [3.8, 4) is 0 Å². The summed E-state index contributed by atoms with van der Waals surface area (Å²) in [6, 6.07) is 0. The molecule has 0 rings (SSSR count). The summed E-state index contributed by atoms with van der Waals surface area (Å²) in [4.78, 5) is 11.0. The van der Waals surface area contributed by atoms with Gasteiger partial charge in [-0.05, 0) is 20.8 Å². The SMILES string of the molecule is CCC(=O)CNCCOCCOCCNC(C)(C)C. The summed E-state index contributed by atoms with van der Waals surface area (Å²) < 4.78 is 10.8. The highest BCUT2D eigenvalue weighted by Crippen LogP contribution is 1.96. The molecule has 0 aromatic heterocycles. The molecule has 0 amide bonds. The molecule has 2 N–H and O–H groups in total. The molecule has 5 nitrogen and oxygen atoms in total. The van der Waals surface area contributed by atoms with Gasteiger partial charge in [-0.1, -0.05) is 6.92 Å². The van der Waals surface area contributed by atoms with Crippen molar-refractivity contribution in [2.75, 3.05) is 46.1 Å². The van der Waals surface area contributed by atoms with Gasteiger partial charge >= 0.3 is 0 Å². The Morgan fingerprint density at radius 2 is 1.58 bits per heavy atom. The summed E-state index contributed by atoms with van der Waals surface area (Å²) in [5, 5.41) is 6.39. The lowest BCUT2D eigenvalue weighted by Crippen LogP contribution is -2.38. The van der Waals surface area contributed by atoms with E-state index in [1.54, 1.807) is 0 Å². The molecule has 0 radical (unpaired) electrons. The monoisotopic (exact) mass is 274 g/mol. The molecule has 0 spiro atoms. The number of nitrogens with one attached hydrogen (secondary N) is 2. The molecule has 19 heavy (non-hydrogen) atoms. The molecule has 0 aliphatic carbocycles. The van der Waals surface area contributed by atoms with Crippen LogP contribution in [-0.2, 0) is 14.3 Å². The molecule has 0 aromatic carbocycles. The third kappa shape index (κ3) is 15.5. The zero-order valence-corrected chi connectivity index (χ0v) is 12.9. The highest BCUT2D eigenvalue weighted by atomic mass is 16.5. The lowest BCUT2D eigenvalue weighted by molar-refractivity contribution is -0.117. The molecule has 0 aliphatic heterocycles. The average Bonchev–Trinajstić information content (AvgIpc) is 2.34. The minimum atomic E-state index is 0.140. The van der Waals surface area contributed by atoms with Crippen molar-refractivity contribution in [3.05, 3.63) is 0 Å². The fourth-order valence-corrected chi connectivity index (χ4v) is 1.32. The Kier molecular flexibility index (Phi) is 11.1. The maximum Gasteiger partial charge on any atom is 0.146 e. The van der Waals surface area contributed by atoms with E-state index in [0.29, 0.717) is 45.9 Å².